The molecule has 0 saturated heterocycles. The molecule has 7 heteroatoms. The zero-order valence-electron chi connectivity index (χ0n) is 26.6. The lowest BCUT2D eigenvalue weighted by molar-refractivity contribution is -0.116. The summed E-state index contributed by atoms with van der Waals surface area (Å²) in [6, 6.07) is 23.8. The van der Waals surface area contributed by atoms with Crippen molar-refractivity contribution in [3.63, 3.8) is 0 Å². The van der Waals surface area contributed by atoms with E-state index in [1.54, 1.807) is 0 Å². The maximum Gasteiger partial charge on any atom is 0.224 e. The lowest BCUT2D eigenvalue weighted by Crippen LogP contribution is -2.25. The number of ether oxygens (including phenoxy) is 3. The zero-order valence-corrected chi connectivity index (χ0v) is 26.6. The summed E-state index contributed by atoms with van der Waals surface area (Å²) >= 11 is 0. The van der Waals surface area contributed by atoms with Crippen LogP contribution in [0.4, 0.5) is 5.69 Å². The number of hydrogen-bond acceptors (Lipinski definition) is 6. The highest BCUT2D eigenvalue weighted by atomic mass is 16.5. The number of nitrogens with one attached hydrogen (secondary N) is 1. The van der Waals surface area contributed by atoms with E-state index in [0.717, 1.165) is 74.7 Å². The lowest BCUT2D eigenvalue weighted by atomic mass is 10.1. The Morgan fingerprint density at radius 2 is 1.28 bits per heavy atom. The predicted octanol–water partition coefficient (Wildman–Crippen LogP) is 7.06. The second-order valence-electron chi connectivity index (χ2n) is 10.6. The second kappa shape index (κ2) is 19.6. The van der Waals surface area contributed by atoms with Gasteiger partial charge in [-0.15, -0.1) is 0 Å². The highest BCUT2D eigenvalue weighted by Gasteiger charge is 2.12. The fourth-order valence-electron chi connectivity index (χ4n) is 4.81. The van der Waals surface area contributed by atoms with Gasteiger partial charge in [0.25, 0.3) is 0 Å². The summed E-state index contributed by atoms with van der Waals surface area (Å²) in [6.45, 7) is 16.6. The number of benzene rings is 3. The minimum atomic E-state index is -0.0507. The predicted molar refractivity (Wildman–Crippen MR) is 176 cm³/mol. The van der Waals surface area contributed by atoms with Gasteiger partial charge < -0.3 is 29.3 Å². The van der Waals surface area contributed by atoms with Gasteiger partial charge in [0.15, 0.2) is 0 Å². The molecule has 0 heterocycles. The molecule has 0 aliphatic rings. The maximum atomic E-state index is 12.9. The van der Waals surface area contributed by atoms with Crippen molar-refractivity contribution < 1.29 is 19.0 Å². The van der Waals surface area contributed by atoms with Crippen molar-refractivity contribution in [3.8, 4) is 17.2 Å². The van der Waals surface area contributed by atoms with Crippen LogP contribution in [0.15, 0.2) is 72.8 Å². The van der Waals surface area contributed by atoms with E-state index in [0.29, 0.717) is 44.1 Å². The number of carbonyl (C=O) groups is 1. The van der Waals surface area contributed by atoms with Crippen molar-refractivity contribution in [1.29, 1.82) is 0 Å². The van der Waals surface area contributed by atoms with Crippen LogP contribution >= 0.6 is 0 Å². The highest BCUT2D eigenvalue weighted by molar-refractivity contribution is 5.92. The molecule has 0 bridgehead atoms. The van der Waals surface area contributed by atoms with Crippen molar-refractivity contribution in [2.24, 2.45) is 0 Å². The normalized spacial score (nSPS) is 11.1. The Morgan fingerprint density at radius 1 is 0.674 bits per heavy atom. The summed E-state index contributed by atoms with van der Waals surface area (Å²) in [5, 5.41) is 3.07. The summed E-state index contributed by atoms with van der Waals surface area (Å²) in [7, 11) is 0. The second-order valence-corrected chi connectivity index (χ2v) is 10.6. The Morgan fingerprint density at radius 3 is 1.91 bits per heavy atom. The number of amides is 1. The van der Waals surface area contributed by atoms with Gasteiger partial charge in [-0.1, -0.05) is 70.2 Å². The molecule has 7 nitrogen and oxygen atoms in total. The molecule has 3 rings (SSSR count). The van der Waals surface area contributed by atoms with Crippen LogP contribution in [0.3, 0.4) is 0 Å². The molecule has 0 radical (unpaired) electrons. The van der Waals surface area contributed by atoms with Gasteiger partial charge in [-0.3, -0.25) is 4.79 Å². The van der Waals surface area contributed by atoms with E-state index < -0.39 is 0 Å². The first-order chi connectivity index (χ1) is 21.0. The van der Waals surface area contributed by atoms with Crippen LogP contribution in [0, 0.1) is 0 Å². The molecule has 0 saturated carbocycles. The molecule has 3 aromatic rings. The molecule has 0 spiro atoms. The van der Waals surface area contributed by atoms with Crippen molar-refractivity contribution in [3.05, 3.63) is 83.9 Å². The number of anilines is 1. The molecule has 0 fully saturated rings. The van der Waals surface area contributed by atoms with Crippen LogP contribution < -0.4 is 19.5 Å². The fraction of sp³-hybridized carbons (Fsp3) is 0.472. The SMILES string of the molecule is CCN(CC)CCCOc1ccc(NC(=O)CCc2ccc(OCc3ccccc3)cc2)c(OCCCN(CC)CC)c1. The fourth-order valence-corrected chi connectivity index (χ4v) is 4.81. The molecule has 1 amide bonds. The van der Waals surface area contributed by atoms with E-state index in [1.807, 2.05) is 72.8 Å². The quantitative estimate of drug-likeness (QED) is 0.134. The van der Waals surface area contributed by atoms with Crippen LogP contribution in [-0.2, 0) is 17.8 Å². The average molecular weight is 590 g/mol. The molecule has 43 heavy (non-hydrogen) atoms. The van der Waals surface area contributed by atoms with Gasteiger partial charge in [0, 0.05) is 25.6 Å². The van der Waals surface area contributed by atoms with Gasteiger partial charge in [-0.25, -0.2) is 0 Å². The first-order valence-electron chi connectivity index (χ1n) is 15.9. The van der Waals surface area contributed by atoms with Crippen LogP contribution in [0.5, 0.6) is 17.2 Å². The molecular formula is C36H51N3O4. The van der Waals surface area contributed by atoms with Gasteiger partial charge in [0.05, 0.1) is 18.9 Å². The monoisotopic (exact) mass is 589 g/mol. The number of rotatable bonds is 21. The third-order valence-corrected chi connectivity index (χ3v) is 7.59. The van der Waals surface area contributed by atoms with E-state index in [1.165, 1.54) is 0 Å². The Labute approximate surface area is 259 Å². The van der Waals surface area contributed by atoms with Crippen LogP contribution in [0.2, 0.25) is 0 Å². The number of aryl methyl sites for hydroxylation is 1. The molecule has 0 unspecified atom stereocenters. The first-order valence-corrected chi connectivity index (χ1v) is 15.9. The van der Waals surface area contributed by atoms with Crippen molar-refractivity contribution in [2.45, 2.75) is 60.0 Å². The molecule has 0 aliphatic heterocycles. The average Bonchev–Trinajstić information content (AvgIpc) is 3.05. The Balaban J connectivity index is 1.53. The van der Waals surface area contributed by atoms with E-state index in [-0.39, 0.29) is 5.91 Å². The summed E-state index contributed by atoms with van der Waals surface area (Å²) in [4.78, 5) is 17.7. The summed E-state index contributed by atoms with van der Waals surface area (Å²) in [6.07, 6.45) is 2.88. The van der Waals surface area contributed by atoms with E-state index in [2.05, 4.69) is 42.8 Å². The molecule has 0 aliphatic carbocycles. The van der Waals surface area contributed by atoms with Crippen molar-refractivity contribution in [2.75, 3.05) is 57.8 Å². The molecule has 234 valence electrons. The van der Waals surface area contributed by atoms with Crippen LogP contribution in [-0.4, -0.2) is 68.2 Å². The van der Waals surface area contributed by atoms with Crippen LogP contribution in [0.1, 0.15) is 58.1 Å². The van der Waals surface area contributed by atoms with Gasteiger partial charge in [-0.05, 0) is 80.8 Å². The zero-order chi connectivity index (χ0) is 30.7. The van der Waals surface area contributed by atoms with Gasteiger partial charge in [0.1, 0.15) is 23.9 Å². The van der Waals surface area contributed by atoms with Crippen molar-refractivity contribution in [1.82, 2.24) is 9.80 Å². The molecule has 0 atom stereocenters. The molecule has 0 aromatic heterocycles. The lowest BCUT2D eigenvalue weighted by Gasteiger charge is -2.19. The third kappa shape index (κ3) is 12.7. The highest BCUT2D eigenvalue weighted by Crippen LogP contribution is 2.30. The topological polar surface area (TPSA) is 63.3 Å². The third-order valence-electron chi connectivity index (χ3n) is 7.59. The van der Waals surface area contributed by atoms with Gasteiger partial charge >= 0.3 is 0 Å². The van der Waals surface area contributed by atoms with Gasteiger partial charge in [-0.2, -0.15) is 0 Å². The Kier molecular flexibility index (Phi) is 15.5. The summed E-state index contributed by atoms with van der Waals surface area (Å²) in [5.41, 5.74) is 2.89. The minimum Gasteiger partial charge on any atom is -0.493 e. The number of nitrogens with zero attached hydrogens (tertiary/aromatic N) is 2. The van der Waals surface area contributed by atoms with Crippen LogP contribution in [0.25, 0.3) is 0 Å². The van der Waals surface area contributed by atoms with Crippen molar-refractivity contribution >= 4 is 11.6 Å². The number of carbonyl (C=O) groups excluding carboxylic acids is 1. The molecule has 1 N–H and O–H groups in total. The van der Waals surface area contributed by atoms with E-state index in [9.17, 15) is 4.79 Å². The largest absolute Gasteiger partial charge is 0.493 e. The maximum absolute atomic E-state index is 12.9. The van der Waals surface area contributed by atoms with Gasteiger partial charge in [0.2, 0.25) is 5.91 Å². The smallest absolute Gasteiger partial charge is 0.224 e. The Bertz CT molecular complexity index is 1180. The molecule has 3 aromatic carbocycles. The summed E-state index contributed by atoms with van der Waals surface area (Å²) in [5.74, 6) is 2.17. The summed E-state index contributed by atoms with van der Waals surface area (Å²) < 4.78 is 18.1. The minimum absolute atomic E-state index is 0.0507. The standard InChI is InChI=1S/C36H51N3O4/c1-5-38(6-2)24-12-26-41-33-21-22-34(35(28-33)42-27-13-25-39(7-3)8-4)37-36(40)23-18-30-16-19-32(20-17-30)43-29-31-14-10-9-11-15-31/h9-11,14-17,19-22,28H,5-8,12-13,18,23-27,29H2,1-4H3,(H,37,40). The molecular weight excluding hydrogens is 538 g/mol. The first kappa shape index (κ1) is 33.9. The van der Waals surface area contributed by atoms with E-state index >= 15 is 0 Å². The Hall–Kier alpha value is -3.55. The van der Waals surface area contributed by atoms with E-state index in [4.69, 9.17) is 14.2 Å². The number of hydrogen-bond donors (Lipinski definition) is 1.